The average molecular weight is 288 g/mol. The van der Waals surface area contributed by atoms with Crippen molar-refractivity contribution in [2.24, 2.45) is 0 Å². The fourth-order valence-corrected chi connectivity index (χ4v) is 1.42. The SMILES string of the molecule is C=C(F)Oc1ccc(C(C(F)(F)F)C(F)(F)F)cc1. The zero-order chi connectivity index (χ0) is 14.8. The van der Waals surface area contributed by atoms with Crippen LogP contribution >= 0.6 is 0 Å². The van der Waals surface area contributed by atoms with Crippen molar-refractivity contribution in [1.29, 1.82) is 0 Å². The molecule has 0 aliphatic heterocycles. The van der Waals surface area contributed by atoms with Gasteiger partial charge in [0.1, 0.15) is 5.75 Å². The molecule has 1 rings (SSSR count). The highest BCUT2D eigenvalue weighted by molar-refractivity contribution is 5.31. The molecule has 0 unspecified atom stereocenters. The molecular formula is C11H7F7O. The number of alkyl halides is 6. The van der Waals surface area contributed by atoms with Crippen molar-refractivity contribution < 1.29 is 35.5 Å². The second-order valence-electron chi connectivity index (χ2n) is 3.54. The molecule has 0 aliphatic rings. The Labute approximate surface area is 103 Å². The highest BCUT2D eigenvalue weighted by Gasteiger charge is 2.57. The first-order valence-corrected chi connectivity index (χ1v) is 4.77. The molecule has 19 heavy (non-hydrogen) atoms. The minimum atomic E-state index is -5.47. The van der Waals surface area contributed by atoms with Crippen molar-refractivity contribution in [3.63, 3.8) is 0 Å². The molecule has 0 atom stereocenters. The van der Waals surface area contributed by atoms with Gasteiger partial charge in [0.25, 0.3) is 6.01 Å². The smallest absolute Gasteiger partial charge is 0.404 e. The molecule has 1 aromatic carbocycles. The first kappa shape index (κ1) is 15.3. The number of rotatable bonds is 3. The zero-order valence-corrected chi connectivity index (χ0v) is 9.15. The third kappa shape index (κ3) is 4.15. The van der Waals surface area contributed by atoms with Gasteiger partial charge in [-0.2, -0.15) is 30.7 Å². The fraction of sp³-hybridized carbons (Fsp3) is 0.273. The molecule has 8 heteroatoms. The Morgan fingerprint density at radius 2 is 1.37 bits per heavy atom. The van der Waals surface area contributed by atoms with Crippen LogP contribution in [0.15, 0.2) is 36.9 Å². The lowest BCUT2D eigenvalue weighted by atomic mass is 9.98. The van der Waals surface area contributed by atoms with E-state index in [2.05, 4.69) is 11.3 Å². The van der Waals surface area contributed by atoms with Crippen LogP contribution < -0.4 is 4.74 Å². The minimum absolute atomic E-state index is 0.251. The first-order valence-electron chi connectivity index (χ1n) is 4.77. The Kier molecular flexibility index (Phi) is 4.12. The summed E-state index contributed by atoms with van der Waals surface area (Å²) in [6.45, 7) is 2.74. The van der Waals surface area contributed by atoms with Crippen molar-refractivity contribution >= 4 is 0 Å². The Morgan fingerprint density at radius 1 is 0.947 bits per heavy atom. The molecular weight excluding hydrogens is 281 g/mol. The fourth-order valence-electron chi connectivity index (χ4n) is 1.42. The van der Waals surface area contributed by atoms with Gasteiger partial charge in [0, 0.05) is 0 Å². The monoisotopic (exact) mass is 288 g/mol. The van der Waals surface area contributed by atoms with Crippen LogP contribution in [-0.2, 0) is 0 Å². The van der Waals surface area contributed by atoms with Crippen LogP contribution in [0.5, 0.6) is 5.75 Å². The highest BCUT2D eigenvalue weighted by atomic mass is 19.4. The summed E-state index contributed by atoms with van der Waals surface area (Å²) >= 11 is 0. The third-order valence-corrected chi connectivity index (χ3v) is 2.10. The second-order valence-corrected chi connectivity index (χ2v) is 3.54. The van der Waals surface area contributed by atoms with E-state index in [0.717, 1.165) is 12.1 Å². The summed E-state index contributed by atoms with van der Waals surface area (Å²) < 4.78 is 90.9. The zero-order valence-electron chi connectivity index (χ0n) is 9.15. The normalized spacial score (nSPS) is 12.6. The van der Waals surface area contributed by atoms with Gasteiger partial charge in [-0.25, -0.2) is 0 Å². The van der Waals surface area contributed by atoms with Crippen LogP contribution in [0.4, 0.5) is 30.7 Å². The van der Waals surface area contributed by atoms with Crippen molar-refractivity contribution in [1.82, 2.24) is 0 Å². The Balaban J connectivity index is 3.09. The molecule has 0 fully saturated rings. The minimum Gasteiger partial charge on any atom is -0.432 e. The molecule has 1 aromatic rings. The second kappa shape index (κ2) is 5.10. The predicted molar refractivity (Wildman–Crippen MR) is 52.2 cm³/mol. The van der Waals surface area contributed by atoms with Gasteiger partial charge < -0.3 is 4.74 Å². The number of hydrogen-bond acceptors (Lipinski definition) is 1. The van der Waals surface area contributed by atoms with Crippen molar-refractivity contribution in [2.45, 2.75) is 18.3 Å². The molecule has 106 valence electrons. The van der Waals surface area contributed by atoms with E-state index in [1.807, 2.05) is 0 Å². The van der Waals surface area contributed by atoms with Gasteiger partial charge in [-0.05, 0) is 24.3 Å². The van der Waals surface area contributed by atoms with Gasteiger partial charge in [0.05, 0.1) is 0 Å². The molecule has 0 aromatic heterocycles. The lowest BCUT2D eigenvalue weighted by Gasteiger charge is -2.23. The van der Waals surface area contributed by atoms with Crippen molar-refractivity contribution in [3.05, 3.63) is 42.4 Å². The number of benzene rings is 1. The van der Waals surface area contributed by atoms with Crippen LogP contribution in [0.3, 0.4) is 0 Å². The summed E-state index contributed by atoms with van der Waals surface area (Å²) in [5, 5.41) is 0. The molecule has 0 radical (unpaired) electrons. The van der Waals surface area contributed by atoms with Crippen LogP contribution in [0.1, 0.15) is 11.5 Å². The molecule has 0 N–H and O–H groups in total. The molecule has 0 amide bonds. The maximum absolute atomic E-state index is 12.4. The van der Waals surface area contributed by atoms with Gasteiger partial charge in [-0.15, -0.1) is 0 Å². The maximum Gasteiger partial charge on any atom is 0.404 e. The highest BCUT2D eigenvalue weighted by Crippen LogP contribution is 2.46. The largest absolute Gasteiger partial charge is 0.432 e. The number of hydrogen-bond donors (Lipinski definition) is 0. The third-order valence-electron chi connectivity index (χ3n) is 2.10. The van der Waals surface area contributed by atoms with Gasteiger partial charge in [-0.3, -0.25) is 0 Å². The Morgan fingerprint density at radius 3 is 1.68 bits per heavy atom. The summed E-state index contributed by atoms with van der Waals surface area (Å²) in [5.74, 6) is -3.85. The summed E-state index contributed by atoms with van der Waals surface area (Å²) in [6, 6.07) is 1.51. The summed E-state index contributed by atoms with van der Waals surface area (Å²) in [5.41, 5.74) is -1.00. The van der Waals surface area contributed by atoms with Gasteiger partial charge >= 0.3 is 12.4 Å². The summed E-state index contributed by atoms with van der Waals surface area (Å²) in [4.78, 5) is 0. The molecule has 0 spiro atoms. The molecule has 0 aliphatic carbocycles. The van der Waals surface area contributed by atoms with E-state index in [0.29, 0.717) is 12.1 Å². The van der Waals surface area contributed by atoms with E-state index >= 15 is 0 Å². The van der Waals surface area contributed by atoms with Gasteiger partial charge in [0.15, 0.2) is 5.92 Å². The van der Waals surface area contributed by atoms with Crippen LogP contribution in [0, 0.1) is 0 Å². The average Bonchev–Trinajstić information content (AvgIpc) is 2.15. The topological polar surface area (TPSA) is 9.23 Å². The van der Waals surface area contributed by atoms with E-state index in [4.69, 9.17) is 0 Å². The molecule has 0 saturated heterocycles. The maximum atomic E-state index is 12.4. The van der Waals surface area contributed by atoms with E-state index in [-0.39, 0.29) is 5.75 Å². The molecule has 0 saturated carbocycles. The van der Waals surface area contributed by atoms with Crippen molar-refractivity contribution in [3.8, 4) is 5.75 Å². The van der Waals surface area contributed by atoms with Crippen LogP contribution in [0.25, 0.3) is 0 Å². The van der Waals surface area contributed by atoms with Gasteiger partial charge in [-0.1, -0.05) is 12.1 Å². The van der Waals surface area contributed by atoms with E-state index in [9.17, 15) is 30.7 Å². The summed E-state index contributed by atoms with van der Waals surface area (Å²) in [6.07, 6.45) is -10.9. The first-order chi connectivity index (χ1) is 8.51. The predicted octanol–water partition coefficient (Wildman–Crippen LogP) is 4.71. The number of halogens is 7. The lowest BCUT2D eigenvalue weighted by molar-refractivity contribution is -0.253. The van der Waals surface area contributed by atoms with Crippen LogP contribution in [0.2, 0.25) is 0 Å². The molecule has 0 bridgehead atoms. The standard InChI is InChI=1S/C11H7F7O/c1-6(12)19-8-4-2-7(3-5-8)9(10(13,14)15)11(16,17)18/h2-5,9H,1H2. The van der Waals surface area contributed by atoms with E-state index in [1.54, 1.807) is 0 Å². The van der Waals surface area contributed by atoms with Gasteiger partial charge in [0.2, 0.25) is 0 Å². The van der Waals surface area contributed by atoms with E-state index < -0.39 is 29.8 Å². The van der Waals surface area contributed by atoms with Crippen molar-refractivity contribution in [2.75, 3.05) is 0 Å². The Hall–Kier alpha value is -1.73. The lowest BCUT2D eigenvalue weighted by Crippen LogP contribution is -2.34. The summed E-state index contributed by atoms with van der Waals surface area (Å²) in [7, 11) is 0. The van der Waals surface area contributed by atoms with E-state index in [1.165, 1.54) is 0 Å². The quantitative estimate of drug-likeness (QED) is 0.578. The number of ether oxygens (including phenoxy) is 1. The molecule has 0 heterocycles. The molecule has 1 nitrogen and oxygen atoms in total. The Bertz CT molecular complexity index is 430. The van der Waals surface area contributed by atoms with Crippen LogP contribution in [-0.4, -0.2) is 12.4 Å².